The largest absolute Gasteiger partial charge is 0.368 e. The van der Waals surface area contributed by atoms with Crippen LogP contribution >= 0.6 is 0 Å². The number of carbonyl (C=O) groups is 2. The molecule has 22 heavy (non-hydrogen) atoms. The van der Waals surface area contributed by atoms with Crippen molar-refractivity contribution in [3.05, 3.63) is 35.9 Å². The maximum absolute atomic E-state index is 12.8. The van der Waals surface area contributed by atoms with Crippen LogP contribution in [-0.4, -0.2) is 35.5 Å². The molecule has 1 aromatic rings. The smallest absolute Gasteiger partial charge is 0.252 e. The van der Waals surface area contributed by atoms with Gasteiger partial charge in [-0.05, 0) is 31.7 Å². The number of rotatable bonds is 5. The minimum atomic E-state index is -0.519. The van der Waals surface area contributed by atoms with Gasteiger partial charge in [-0.15, -0.1) is 0 Å². The quantitative estimate of drug-likeness (QED) is 0.902. The van der Waals surface area contributed by atoms with Crippen molar-refractivity contribution in [3.8, 4) is 0 Å². The van der Waals surface area contributed by atoms with E-state index in [2.05, 4.69) is 0 Å². The van der Waals surface area contributed by atoms with E-state index in [0.717, 1.165) is 12.0 Å². The molecule has 1 aliphatic rings. The topological polar surface area (TPSA) is 72.6 Å². The van der Waals surface area contributed by atoms with Crippen molar-refractivity contribution in [1.29, 1.82) is 0 Å². The molecule has 0 aromatic heterocycles. The van der Waals surface area contributed by atoms with E-state index in [0.29, 0.717) is 0 Å². The lowest BCUT2D eigenvalue weighted by Crippen LogP contribution is -2.46. The standard InChI is InChI=1S/C17H24N2O3/c1-11-9-12(2)22-16(11)17(21)19(10-15(18)20)13(3)14-7-5-4-6-8-14/h4-8,11-13,16H,9-10H2,1-3H3,(H2,18,20)/t11?,12?,13-,16?/m1/s1. The van der Waals surface area contributed by atoms with Crippen LogP contribution in [0.1, 0.15) is 38.8 Å². The first-order chi connectivity index (χ1) is 10.4. The first kappa shape index (κ1) is 16.5. The lowest BCUT2D eigenvalue weighted by Gasteiger charge is -2.31. The molecule has 0 aliphatic carbocycles. The molecule has 0 saturated carbocycles. The van der Waals surface area contributed by atoms with Crippen molar-refractivity contribution in [2.24, 2.45) is 11.7 Å². The molecule has 0 radical (unpaired) electrons. The molecular weight excluding hydrogens is 280 g/mol. The highest BCUT2D eigenvalue weighted by atomic mass is 16.5. The van der Waals surface area contributed by atoms with E-state index in [1.54, 1.807) is 0 Å². The van der Waals surface area contributed by atoms with Gasteiger partial charge in [0.15, 0.2) is 0 Å². The molecule has 5 nitrogen and oxygen atoms in total. The Labute approximate surface area is 131 Å². The molecule has 2 amide bonds. The van der Waals surface area contributed by atoms with Crippen molar-refractivity contribution in [3.63, 3.8) is 0 Å². The summed E-state index contributed by atoms with van der Waals surface area (Å²) in [7, 11) is 0. The summed E-state index contributed by atoms with van der Waals surface area (Å²) in [5.41, 5.74) is 6.30. The van der Waals surface area contributed by atoms with Crippen molar-refractivity contribution < 1.29 is 14.3 Å². The fraction of sp³-hybridized carbons (Fsp3) is 0.529. The fourth-order valence-electron chi connectivity index (χ4n) is 3.04. The van der Waals surface area contributed by atoms with Gasteiger partial charge in [-0.1, -0.05) is 37.3 Å². The molecule has 1 aliphatic heterocycles. The first-order valence-corrected chi connectivity index (χ1v) is 7.69. The van der Waals surface area contributed by atoms with Crippen LogP contribution in [0, 0.1) is 5.92 Å². The predicted octanol–water partition coefficient (Wildman–Crippen LogP) is 1.87. The molecule has 1 fully saturated rings. The summed E-state index contributed by atoms with van der Waals surface area (Å²) in [5.74, 6) is -0.539. The molecule has 2 N–H and O–H groups in total. The van der Waals surface area contributed by atoms with Gasteiger partial charge in [-0.25, -0.2) is 0 Å². The van der Waals surface area contributed by atoms with E-state index in [1.807, 2.05) is 51.1 Å². The van der Waals surface area contributed by atoms with Gasteiger partial charge >= 0.3 is 0 Å². The van der Waals surface area contributed by atoms with Crippen LogP contribution < -0.4 is 5.73 Å². The van der Waals surface area contributed by atoms with Crippen LogP contribution in [0.15, 0.2) is 30.3 Å². The predicted molar refractivity (Wildman–Crippen MR) is 83.9 cm³/mol. The molecule has 5 heteroatoms. The molecule has 1 aromatic carbocycles. The van der Waals surface area contributed by atoms with Gasteiger partial charge < -0.3 is 15.4 Å². The second-order valence-corrected chi connectivity index (χ2v) is 6.10. The summed E-state index contributed by atoms with van der Waals surface area (Å²) in [6.07, 6.45) is 0.410. The van der Waals surface area contributed by atoms with Crippen LogP contribution in [0.4, 0.5) is 0 Å². The molecule has 1 saturated heterocycles. The second kappa shape index (κ2) is 6.92. The molecule has 0 spiro atoms. The fourth-order valence-corrected chi connectivity index (χ4v) is 3.04. The summed E-state index contributed by atoms with van der Waals surface area (Å²) >= 11 is 0. The number of hydrogen-bond donors (Lipinski definition) is 1. The highest BCUT2D eigenvalue weighted by Crippen LogP contribution is 2.30. The molecule has 2 rings (SSSR count). The Morgan fingerprint density at radius 2 is 1.95 bits per heavy atom. The highest BCUT2D eigenvalue weighted by Gasteiger charge is 2.39. The Kier molecular flexibility index (Phi) is 5.19. The van der Waals surface area contributed by atoms with Crippen molar-refractivity contribution in [2.75, 3.05) is 6.54 Å². The Bertz CT molecular complexity index is 532. The number of ether oxygens (including phenoxy) is 1. The van der Waals surface area contributed by atoms with Gasteiger partial charge in [0.25, 0.3) is 5.91 Å². The number of benzene rings is 1. The van der Waals surface area contributed by atoms with Crippen molar-refractivity contribution >= 4 is 11.8 Å². The number of nitrogens with zero attached hydrogens (tertiary/aromatic N) is 1. The number of amides is 2. The third kappa shape index (κ3) is 3.65. The van der Waals surface area contributed by atoms with E-state index >= 15 is 0 Å². The number of primary amides is 1. The van der Waals surface area contributed by atoms with Gasteiger partial charge in [0.05, 0.1) is 18.7 Å². The van der Waals surface area contributed by atoms with Crippen LogP contribution in [0.2, 0.25) is 0 Å². The third-order valence-corrected chi connectivity index (χ3v) is 4.20. The lowest BCUT2D eigenvalue weighted by molar-refractivity contribution is -0.148. The van der Waals surface area contributed by atoms with E-state index in [-0.39, 0.29) is 30.5 Å². The average molecular weight is 304 g/mol. The molecule has 1 heterocycles. The Morgan fingerprint density at radius 1 is 1.32 bits per heavy atom. The average Bonchev–Trinajstić information content (AvgIpc) is 2.83. The van der Waals surface area contributed by atoms with Gasteiger partial charge in [-0.3, -0.25) is 9.59 Å². The van der Waals surface area contributed by atoms with Crippen LogP contribution in [0.3, 0.4) is 0 Å². The molecule has 120 valence electrons. The van der Waals surface area contributed by atoms with Crippen LogP contribution in [0.25, 0.3) is 0 Å². The highest BCUT2D eigenvalue weighted by molar-refractivity contribution is 5.87. The zero-order chi connectivity index (χ0) is 16.3. The number of carbonyl (C=O) groups excluding carboxylic acids is 2. The Balaban J connectivity index is 2.22. The van der Waals surface area contributed by atoms with Gasteiger partial charge in [0.1, 0.15) is 6.10 Å². The maximum atomic E-state index is 12.8. The molecule has 4 atom stereocenters. The zero-order valence-corrected chi connectivity index (χ0v) is 13.4. The maximum Gasteiger partial charge on any atom is 0.252 e. The summed E-state index contributed by atoms with van der Waals surface area (Å²) < 4.78 is 5.74. The van der Waals surface area contributed by atoms with E-state index in [4.69, 9.17) is 10.5 Å². The number of hydrogen-bond acceptors (Lipinski definition) is 3. The number of nitrogens with two attached hydrogens (primary N) is 1. The minimum absolute atomic E-state index is 0.0615. The lowest BCUT2D eigenvalue weighted by atomic mass is 9.99. The van der Waals surface area contributed by atoms with Gasteiger partial charge in [0, 0.05) is 0 Å². The zero-order valence-electron chi connectivity index (χ0n) is 13.4. The molecule has 3 unspecified atom stereocenters. The summed E-state index contributed by atoms with van der Waals surface area (Å²) in [6.45, 7) is 5.76. The van der Waals surface area contributed by atoms with E-state index < -0.39 is 12.0 Å². The SMILES string of the molecule is CC1CC(C)C(C(=O)N(CC(N)=O)[C@H](C)c2ccccc2)O1. The van der Waals surface area contributed by atoms with Gasteiger partial charge in [0.2, 0.25) is 5.91 Å². The summed E-state index contributed by atoms with van der Waals surface area (Å²) in [6, 6.07) is 9.39. The first-order valence-electron chi connectivity index (χ1n) is 7.69. The Hall–Kier alpha value is -1.88. The molecular formula is C17H24N2O3. The van der Waals surface area contributed by atoms with Crippen molar-refractivity contribution in [1.82, 2.24) is 4.90 Å². The normalized spacial score (nSPS) is 25.7. The minimum Gasteiger partial charge on any atom is -0.368 e. The van der Waals surface area contributed by atoms with E-state index in [9.17, 15) is 9.59 Å². The van der Waals surface area contributed by atoms with Crippen molar-refractivity contribution in [2.45, 2.75) is 45.4 Å². The van der Waals surface area contributed by atoms with Crippen LogP contribution in [0.5, 0.6) is 0 Å². The van der Waals surface area contributed by atoms with Crippen LogP contribution in [-0.2, 0) is 14.3 Å². The third-order valence-electron chi connectivity index (χ3n) is 4.20. The Morgan fingerprint density at radius 3 is 2.45 bits per heavy atom. The van der Waals surface area contributed by atoms with E-state index in [1.165, 1.54) is 4.90 Å². The second-order valence-electron chi connectivity index (χ2n) is 6.10. The summed E-state index contributed by atoms with van der Waals surface area (Å²) in [5, 5.41) is 0. The molecule has 0 bridgehead atoms. The van der Waals surface area contributed by atoms with Gasteiger partial charge in [-0.2, -0.15) is 0 Å². The summed E-state index contributed by atoms with van der Waals surface area (Å²) in [4.78, 5) is 25.8. The monoisotopic (exact) mass is 304 g/mol.